The molecule has 1 N–H and O–H groups in total. The van der Waals surface area contributed by atoms with Crippen molar-refractivity contribution in [2.75, 3.05) is 25.6 Å². The molecule has 142 valence electrons. The average molecular weight is 370 g/mol. The van der Waals surface area contributed by atoms with Gasteiger partial charge in [-0.05, 0) is 38.0 Å². The molecule has 0 radical (unpaired) electrons. The second-order valence-corrected chi connectivity index (χ2v) is 6.80. The van der Waals surface area contributed by atoms with Crippen molar-refractivity contribution in [3.8, 4) is 0 Å². The number of nitrogens with zero attached hydrogens (tertiary/aromatic N) is 1. The molecule has 0 saturated carbocycles. The Morgan fingerprint density at radius 3 is 2.93 bits per heavy atom. The standard InChI is InChI=1S/C20H22N2O5/c1-12-15(20(24)25-2)10-17(27-12)18-21-16-8-4-3-7-14(16)19(23)22(18)11-13-6-5-9-26-13/h3-4,7-8,10,13,18,21H,5-6,9,11H2,1-2H3. The summed E-state index contributed by atoms with van der Waals surface area (Å²) in [6.07, 6.45) is 1.39. The molecule has 2 aliphatic rings. The minimum atomic E-state index is -0.520. The van der Waals surface area contributed by atoms with Crippen LogP contribution in [0.5, 0.6) is 0 Å². The van der Waals surface area contributed by atoms with E-state index < -0.39 is 12.1 Å². The Balaban J connectivity index is 1.71. The Morgan fingerprint density at radius 1 is 1.37 bits per heavy atom. The molecule has 4 rings (SSSR count). The van der Waals surface area contributed by atoms with Crippen LogP contribution in [0, 0.1) is 6.92 Å². The fourth-order valence-electron chi connectivity index (χ4n) is 3.67. The number of carbonyl (C=O) groups excluding carboxylic acids is 2. The van der Waals surface area contributed by atoms with Gasteiger partial charge in [0.2, 0.25) is 0 Å². The van der Waals surface area contributed by atoms with Crippen LogP contribution in [0.4, 0.5) is 5.69 Å². The molecule has 1 amide bonds. The number of methoxy groups -OCH3 is 1. The van der Waals surface area contributed by atoms with Gasteiger partial charge in [-0.25, -0.2) is 4.79 Å². The van der Waals surface area contributed by atoms with Crippen LogP contribution in [0.3, 0.4) is 0 Å². The molecular formula is C20H22N2O5. The first-order valence-corrected chi connectivity index (χ1v) is 9.05. The minimum absolute atomic E-state index is 0.000325. The number of hydrogen-bond acceptors (Lipinski definition) is 6. The summed E-state index contributed by atoms with van der Waals surface area (Å²) >= 11 is 0. The highest BCUT2D eigenvalue weighted by Crippen LogP contribution is 2.35. The van der Waals surface area contributed by atoms with E-state index in [0.717, 1.165) is 18.5 Å². The summed E-state index contributed by atoms with van der Waals surface area (Å²) < 4.78 is 16.4. The van der Waals surface area contributed by atoms with Gasteiger partial charge in [0.1, 0.15) is 17.1 Å². The van der Waals surface area contributed by atoms with E-state index in [9.17, 15) is 9.59 Å². The zero-order valence-electron chi connectivity index (χ0n) is 15.4. The van der Waals surface area contributed by atoms with Gasteiger partial charge in [-0.2, -0.15) is 0 Å². The van der Waals surface area contributed by atoms with E-state index in [1.165, 1.54) is 7.11 Å². The Hall–Kier alpha value is -2.80. The van der Waals surface area contributed by atoms with Crippen LogP contribution in [-0.2, 0) is 9.47 Å². The van der Waals surface area contributed by atoms with Gasteiger partial charge >= 0.3 is 5.97 Å². The maximum absolute atomic E-state index is 13.2. The number of anilines is 1. The van der Waals surface area contributed by atoms with E-state index in [-0.39, 0.29) is 12.0 Å². The third-order valence-corrected chi connectivity index (χ3v) is 5.06. The summed E-state index contributed by atoms with van der Waals surface area (Å²) in [5, 5.41) is 3.37. The molecule has 0 bridgehead atoms. The number of ether oxygens (including phenoxy) is 2. The van der Waals surface area contributed by atoms with Crippen LogP contribution in [-0.4, -0.2) is 43.1 Å². The highest BCUT2D eigenvalue weighted by Gasteiger charge is 2.37. The van der Waals surface area contributed by atoms with Gasteiger partial charge in [0.15, 0.2) is 6.17 Å². The smallest absolute Gasteiger partial charge is 0.341 e. The van der Waals surface area contributed by atoms with Crippen molar-refractivity contribution >= 4 is 17.6 Å². The molecule has 1 aromatic heterocycles. The molecule has 27 heavy (non-hydrogen) atoms. The largest absolute Gasteiger partial charge is 0.465 e. The first-order chi connectivity index (χ1) is 13.1. The number of fused-ring (bicyclic) bond motifs is 1. The van der Waals surface area contributed by atoms with Crippen molar-refractivity contribution < 1.29 is 23.5 Å². The van der Waals surface area contributed by atoms with Gasteiger partial charge in [0.25, 0.3) is 5.91 Å². The Kier molecular flexibility index (Phi) is 4.61. The molecule has 1 saturated heterocycles. The van der Waals surface area contributed by atoms with Crippen molar-refractivity contribution in [1.29, 1.82) is 0 Å². The molecule has 0 aliphatic carbocycles. The topological polar surface area (TPSA) is 81.0 Å². The third-order valence-electron chi connectivity index (χ3n) is 5.06. The quantitative estimate of drug-likeness (QED) is 0.833. The maximum Gasteiger partial charge on any atom is 0.341 e. The van der Waals surface area contributed by atoms with E-state index in [4.69, 9.17) is 13.9 Å². The molecule has 7 heteroatoms. The van der Waals surface area contributed by atoms with E-state index in [2.05, 4.69) is 5.32 Å². The normalized spacial score (nSPS) is 21.7. The van der Waals surface area contributed by atoms with Crippen LogP contribution >= 0.6 is 0 Å². The van der Waals surface area contributed by atoms with E-state index >= 15 is 0 Å². The third kappa shape index (κ3) is 3.19. The predicted octanol–water partition coefficient (Wildman–Crippen LogP) is 3.12. The number of rotatable bonds is 4. The SMILES string of the molecule is COC(=O)c1cc(C2Nc3ccccc3C(=O)N2CC2CCCO2)oc1C. The van der Waals surface area contributed by atoms with Crippen LogP contribution in [0.15, 0.2) is 34.7 Å². The van der Waals surface area contributed by atoms with Crippen molar-refractivity contribution in [2.45, 2.75) is 32.0 Å². The molecular weight excluding hydrogens is 348 g/mol. The van der Waals surface area contributed by atoms with Gasteiger partial charge in [-0.15, -0.1) is 0 Å². The zero-order valence-corrected chi connectivity index (χ0v) is 15.4. The highest BCUT2D eigenvalue weighted by molar-refractivity contribution is 6.01. The van der Waals surface area contributed by atoms with Gasteiger partial charge in [-0.3, -0.25) is 4.79 Å². The number of aryl methyl sites for hydroxylation is 1. The Labute approximate surface area is 157 Å². The number of furan rings is 1. The second-order valence-electron chi connectivity index (χ2n) is 6.80. The lowest BCUT2D eigenvalue weighted by Crippen LogP contribution is -2.46. The molecule has 2 aliphatic heterocycles. The number of esters is 1. The molecule has 2 unspecified atom stereocenters. The van der Waals surface area contributed by atoms with Gasteiger partial charge in [0, 0.05) is 18.8 Å². The van der Waals surface area contributed by atoms with E-state index in [1.807, 2.05) is 18.2 Å². The first kappa shape index (κ1) is 17.6. The first-order valence-electron chi connectivity index (χ1n) is 9.05. The lowest BCUT2D eigenvalue weighted by molar-refractivity contribution is 0.0401. The molecule has 3 heterocycles. The summed E-state index contributed by atoms with van der Waals surface area (Å²) in [4.78, 5) is 26.8. The van der Waals surface area contributed by atoms with Crippen molar-refractivity contribution in [2.24, 2.45) is 0 Å². The Morgan fingerprint density at radius 2 is 2.19 bits per heavy atom. The predicted molar refractivity (Wildman–Crippen MR) is 97.6 cm³/mol. The zero-order chi connectivity index (χ0) is 19.0. The second kappa shape index (κ2) is 7.08. The molecule has 0 spiro atoms. The Bertz CT molecular complexity index is 869. The van der Waals surface area contributed by atoms with Gasteiger partial charge in [0.05, 0.1) is 18.8 Å². The molecule has 1 aromatic carbocycles. The number of hydrogen-bond donors (Lipinski definition) is 1. The summed E-state index contributed by atoms with van der Waals surface area (Å²) in [6, 6.07) is 9.02. The summed E-state index contributed by atoms with van der Waals surface area (Å²) in [6.45, 7) is 2.88. The summed E-state index contributed by atoms with van der Waals surface area (Å²) in [5.41, 5.74) is 1.71. The van der Waals surface area contributed by atoms with Crippen molar-refractivity contribution in [1.82, 2.24) is 4.90 Å². The molecule has 2 atom stereocenters. The fourth-order valence-corrected chi connectivity index (χ4v) is 3.67. The van der Waals surface area contributed by atoms with Gasteiger partial charge in [-0.1, -0.05) is 12.1 Å². The summed E-state index contributed by atoms with van der Waals surface area (Å²) in [7, 11) is 1.33. The van der Waals surface area contributed by atoms with Crippen molar-refractivity contribution in [3.63, 3.8) is 0 Å². The minimum Gasteiger partial charge on any atom is -0.465 e. The van der Waals surface area contributed by atoms with E-state index in [0.29, 0.717) is 35.8 Å². The maximum atomic E-state index is 13.2. The molecule has 2 aromatic rings. The fraction of sp³-hybridized carbons (Fsp3) is 0.400. The van der Waals surface area contributed by atoms with Crippen LogP contribution < -0.4 is 5.32 Å². The lowest BCUT2D eigenvalue weighted by atomic mass is 10.1. The van der Waals surface area contributed by atoms with Crippen LogP contribution in [0.1, 0.15) is 51.2 Å². The highest BCUT2D eigenvalue weighted by atomic mass is 16.5. The van der Waals surface area contributed by atoms with Crippen LogP contribution in [0.2, 0.25) is 0 Å². The molecule has 7 nitrogen and oxygen atoms in total. The number of nitrogens with one attached hydrogen (secondary N) is 1. The van der Waals surface area contributed by atoms with Crippen LogP contribution in [0.25, 0.3) is 0 Å². The number of benzene rings is 1. The molecule has 1 fully saturated rings. The number of carbonyl (C=O) groups is 2. The van der Waals surface area contributed by atoms with Gasteiger partial charge < -0.3 is 24.1 Å². The number of amides is 1. The average Bonchev–Trinajstić information content (AvgIpc) is 3.33. The van der Waals surface area contributed by atoms with Crippen molar-refractivity contribution in [3.05, 3.63) is 53.0 Å². The summed E-state index contributed by atoms with van der Waals surface area (Å²) in [5.74, 6) is 0.407. The van der Waals surface area contributed by atoms with E-state index in [1.54, 1.807) is 24.0 Å². The lowest BCUT2D eigenvalue weighted by Gasteiger charge is -2.37. The number of para-hydroxylation sites is 1. The monoisotopic (exact) mass is 370 g/mol.